The van der Waals surface area contributed by atoms with Crippen LogP contribution in [0.1, 0.15) is 15.9 Å². The molecule has 0 saturated carbocycles. The number of nitrogens with one attached hydrogen (secondary N) is 2. The number of rotatable bonds is 6. The molecule has 3 aromatic rings. The van der Waals surface area contributed by atoms with Crippen molar-refractivity contribution in [3.8, 4) is 5.75 Å². The maximum absolute atomic E-state index is 12.3. The lowest BCUT2D eigenvalue weighted by molar-refractivity contribution is 0.0954. The van der Waals surface area contributed by atoms with E-state index in [-0.39, 0.29) is 11.5 Å². The number of pyridine rings is 1. The third-order valence-corrected chi connectivity index (χ3v) is 4.46. The molecule has 0 unspecified atom stereocenters. The van der Waals surface area contributed by atoms with E-state index in [9.17, 15) is 9.59 Å². The largest absolute Gasteiger partial charge is 0.497 e. The summed E-state index contributed by atoms with van der Waals surface area (Å²) in [4.78, 5) is 29.4. The van der Waals surface area contributed by atoms with E-state index in [2.05, 4.69) is 10.3 Å². The van der Waals surface area contributed by atoms with Crippen LogP contribution >= 0.6 is 0 Å². The van der Waals surface area contributed by atoms with Gasteiger partial charge in [0.15, 0.2) is 0 Å². The van der Waals surface area contributed by atoms with Gasteiger partial charge in [-0.05, 0) is 54.3 Å². The Kier molecular flexibility index (Phi) is 5.45. The van der Waals surface area contributed by atoms with Gasteiger partial charge in [-0.2, -0.15) is 0 Å². The van der Waals surface area contributed by atoms with Crippen molar-refractivity contribution in [1.82, 2.24) is 10.3 Å². The summed E-state index contributed by atoms with van der Waals surface area (Å²) < 4.78 is 5.17. The molecular formula is C21H23N3O3. The topological polar surface area (TPSA) is 74.4 Å². The minimum Gasteiger partial charge on any atom is -0.497 e. The summed E-state index contributed by atoms with van der Waals surface area (Å²) >= 11 is 0. The monoisotopic (exact) mass is 365 g/mol. The second-order valence-corrected chi connectivity index (χ2v) is 6.52. The van der Waals surface area contributed by atoms with Crippen molar-refractivity contribution >= 4 is 22.5 Å². The Morgan fingerprint density at radius 1 is 1.11 bits per heavy atom. The second kappa shape index (κ2) is 7.95. The fourth-order valence-electron chi connectivity index (χ4n) is 2.86. The van der Waals surface area contributed by atoms with Crippen LogP contribution in [0, 0.1) is 0 Å². The van der Waals surface area contributed by atoms with Crippen LogP contribution in [0.5, 0.6) is 5.75 Å². The molecule has 0 spiro atoms. The number of carbonyl (C=O) groups excluding carboxylic acids is 1. The van der Waals surface area contributed by atoms with Gasteiger partial charge >= 0.3 is 0 Å². The summed E-state index contributed by atoms with van der Waals surface area (Å²) in [5, 5.41) is 3.79. The summed E-state index contributed by atoms with van der Waals surface area (Å²) in [5.41, 5.74) is 2.84. The first-order chi connectivity index (χ1) is 13.0. The van der Waals surface area contributed by atoms with Crippen molar-refractivity contribution in [3.05, 3.63) is 70.0 Å². The molecule has 0 fully saturated rings. The molecule has 1 aromatic heterocycles. The van der Waals surface area contributed by atoms with E-state index in [0.29, 0.717) is 29.8 Å². The van der Waals surface area contributed by atoms with Gasteiger partial charge in [-0.3, -0.25) is 9.59 Å². The number of anilines is 1. The molecule has 3 rings (SSSR count). The molecule has 2 aromatic carbocycles. The van der Waals surface area contributed by atoms with Crippen molar-refractivity contribution in [2.45, 2.75) is 6.42 Å². The standard InChI is InChI=1S/C21H23N3O3/c1-24(2)17-7-4-14(5-8-17)20(25)22-11-10-16-12-15-6-9-18(27-3)13-19(15)23-21(16)26/h4-9,12-13H,10-11H2,1-3H3,(H,22,25)(H,23,26). The number of amides is 1. The van der Waals surface area contributed by atoms with Crippen LogP contribution in [0.3, 0.4) is 0 Å². The third kappa shape index (κ3) is 4.28. The van der Waals surface area contributed by atoms with Crippen molar-refractivity contribution in [2.24, 2.45) is 0 Å². The van der Waals surface area contributed by atoms with Gasteiger partial charge in [0.2, 0.25) is 0 Å². The average Bonchev–Trinajstić information content (AvgIpc) is 2.67. The number of benzene rings is 2. The molecule has 1 heterocycles. The maximum Gasteiger partial charge on any atom is 0.251 e. The van der Waals surface area contributed by atoms with Crippen LogP contribution in [0.15, 0.2) is 53.3 Å². The minimum absolute atomic E-state index is 0.151. The average molecular weight is 365 g/mol. The first-order valence-corrected chi connectivity index (χ1v) is 8.73. The highest BCUT2D eigenvalue weighted by atomic mass is 16.5. The quantitative estimate of drug-likeness (QED) is 0.704. The van der Waals surface area contributed by atoms with Crippen LogP contribution in [0.4, 0.5) is 5.69 Å². The van der Waals surface area contributed by atoms with Crippen molar-refractivity contribution in [3.63, 3.8) is 0 Å². The van der Waals surface area contributed by atoms with E-state index in [4.69, 9.17) is 4.74 Å². The van der Waals surface area contributed by atoms with E-state index in [1.54, 1.807) is 25.3 Å². The number of hydrogen-bond donors (Lipinski definition) is 2. The SMILES string of the molecule is COc1ccc2cc(CCNC(=O)c3ccc(N(C)C)cc3)c(=O)[nH]c2c1. The Morgan fingerprint density at radius 3 is 2.52 bits per heavy atom. The highest BCUT2D eigenvalue weighted by molar-refractivity contribution is 5.94. The molecule has 0 atom stereocenters. The fraction of sp³-hybridized carbons (Fsp3) is 0.238. The summed E-state index contributed by atoms with van der Waals surface area (Å²) in [6, 6.07) is 14.8. The first-order valence-electron chi connectivity index (χ1n) is 8.73. The lowest BCUT2D eigenvalue weighted by atomic mass is 10.1. The number of fused-ring (bicyclic) bond motifs is 1. The van der Waals surface area contributed by atoms with Gasteiger partial charge in [0.05, 0.1) is 12.6 Å². The Morgan fingerprint density at radius 2 is 1.85 bits per heavy atom. The molecule has 6 heteroatoms. The van der Waals surface area contributed by atoms with Crippen molar-refractivity contribution in [1.29, 1.82) is 0 Å². The molecule has 6 nitrogen and oxygen atoms in total. The summed E-state index contributed by atoms with van der Waals surface area (Å²) in [6.07, 6.45) is 0.457. The lowest BCUT2D eigenvalue weighted by Gasteiger charge is -2.12. The van der Waals surface area contributed by atoms with E-state index >= 15 is 0 Å². The number of H-pyrrole nitrogens is 1. The lowest BCUT2D eigenvalue weighted by Crippen LogP contribution is -2.27. The maximum atomic E-state index is 12.3. The number of methoxy groups -OCH3 is 1. The molecule has 27 heavy (non-hydrogen) atoms. The van der Waals surface area contributed by atoms with Gasteiger partial charge in [0, 0.05) is 43.5 Å². The Bertz CT molecular complexity index is 1010. The van der Waals surface area contributed by atoms with Gasteiger partial charge < -0.3 is 19.9 Å². The van der Waals surface area contributed by atoms with Gasteiger partial charge in [-0.1, -0.05) is 0 Å². The zero-order valence-corrected chi connectivity index (χ0v) is 15.7. The van der Waals surface area contributed by atoms with E-state index in [0.717, 1.165) is 16.6 Å². The number of aromatic amines is 1. The number of carbonyl (C=O) groups is 1. The molecule has 0 radical (unpaired) electrons. The van der Waals surface area contributed by atoms with Gasteiger partial charge in [0.1, 0.15) is 5.75 Å². The smallest absolute Gasteiger partial charge is 0.251 e. The van der Waals surface area contributed by atoms with E-state index < -0.39 is 0 Å². The number of aromatic nitrogens is 1. The Labute approximate surface area is 157 Å². The van der Waals surface area contributed by atoms with Crippen LogP contribution < -0.4 is 20.5 Å². The highest BCUT2D eigenvalue weighted by Gasteiger charge is 2.08. The molecule has 0 saturated heterocycles. The molecule has 0 aliphatic rings. The molecule has 0 aliphatic carbocycles. The van der Waals surface area contributed by atoms with Crippen LogP contribution in [0.2, 0.25) is 0 Å². The Balaban J connectivity index is 1.65. The van der Waals surface area contributed by atoms with Crippen LogP contribution in [-0.4, -0.2) is 38.6 Å². The normalized spacial score (nSPS) is 10.6. The second-order valence-electron chi connectivity index (χ2n) is 6.52. The number of nitrogens with zero attached hydrogens (tertiary/aromatic N) is 1. The molecular weight excluding hydrogens is 342 g/mol. The van der Waals surface area contributed by atoms with E-state index in [1.165, 1.54) is 0 Å². The third-order valence-electron chi connectivity index (χ3n) is 4.46. The van der Waals surface area contributed by atoms with E-state index in [1.807, 2.05) is 49.3 Å². The zero-order chi connectivity index (χ0) is 19.4. The molecule has 0 aliphatic heterocycles. The number of ether oxygens (including phenoxy) is 1. The van der Waals surface area contributed by atoms with Crippen molar-refractivity contribution in [2.75, 3.05) is 32.6 Å². The minimum atomic E-state index is -0.152. The zero-order valence-electron chi connectivity index (χ0n) is 15.7. The number of hydrogen-bond acceptors (Lipinski definition) is 4. The Hall–Kier alpha value is -3.28. The summed E-state index contributed by atoms with van der Waals surface area (Å²) in [5.74, 6) is 0.542. The van der Waals surface area contributed by atoms with Crippen LogP contribution in [-0.2, 0) is 6.42 Å². The van der Waals surface area contributed by atoms with Gasteiger partial charge in [-0.25, -0.2) is 0 Å². The predicted molar refractivity (Wildman–Crippen MR) is 108 cm³/mol. The van der Waals surface area contributed by atoms with Gasteiger partial charge in [-0.15, -0.1) is 0 Å². The summed E-state index contributed by atoms with van der Waals surface area (Å²) in [7, 11) is 5.49. The first kappa shape index (κ1) is 18.5. The molecule has 0 bridgehead atoms. The molecule has 2 N–H and O–H groups in total. The predicted octanol–water partition coefficient (Wildman–Crippen LogP) is 2.58. The van der Waals surface area contributed by atoms with Gasteiger partial charge in [0.25, 0.3) is 11.5 Å². The van der Waals surface area contributed by atoms with Crippen molar-refractivity contribution < 1.29 is 9.53 Å². The van der Waals surface area contributed by atoms with Crippen LogP contribution in [0.25, 0.3) is 10.9 Å². The molecule has 140 valence electrons. The highest BCUT2D eigenvalue weighted by Crippen LogP contribution is 2.18. The fourth-order valence-corrected chi connectivity index (χ4v) is 2.86. The molecule has 1 amide bonds. The summed E-state index contributed by atoms with van der Waals surface area (Å²) in [6.45, 7) is 0.388.